The van der Waals surface area contributed by atoms with E-state index in [2.05, 4.69) is 10.3 Å². The van der Waals surface area contributed by atoms with Gasteiger partial charge >= 0.3 is 6.09 Å². The number of Topliss-reactive ketones (excluding diaryl/α,β-unsaturated/α-hetero) is 1. The molecule has 8 heteroatoms. The van der Waals surface area contributed by atoms with Crippen molar-refractivity contribution >= 4 is 23.6 Å². The fourth-order valence-electron chi connectivity index (χ4n) is 4.31. The normalized spacial score (nSPS) is 18.7. The summed E-state index contributed by atoms with van der Waals surface area (Å²) < 4.78 is 5.57. The topological polar surface area (TPSA) is 115 Å². The number of aromatic nitrogens is 1. The Morgan fingerprint density at radius 1 is 1.17 bits per heavy atom. The van der Waals surface area contributed by atoms with Crippen LogP contribution in [0.15, 0.2) is 42.5 Å². The van der Waals surface area contributed by atoms with E-state index in [1.165, 1.54) is 4.90 Å². The fraction of sp³-hybridized carbons (Fsp3) is 0.481. The largest absolute Gasteiger partial charge is 0.444 e. The number of nitrogens with two attached hydrogens (primary N) is 1. The number of hydrogen-bond donors (Lipinski definition) is 2. The molecule has 0 saturated carbocycles. The number of hydrogen-bond acceptors (Lipinski definition) is 6. The summed E-state index contributed by atoms with van der Waals surface area (Å²) in [4.78, 5) is 44.7. The Morgan fingerprint density at radius 3 is 2.49 bits per heavy atom. The Morgan fingerprint density at radius 2 is 1.86 bits per heavy atom. The van der Waals surface area contributed by atoms with Crippen molar-refractivity contribution in [3.05, 3.63) is 59.3 Å². The maximum atomic E-state index is 13.2. The molecule has 0 unspecified atom stereocenters. The third kappa shape index (κ3) is 7.04. The van der Waals surface area contributed by atoms with Crippen LogP contribution in [0.4, 0.5) is 10.6 Å². The van der Waals surface area contributed by atoms with Crippen LogP contribution in [0, 0.1) is 6.92 Å². The van der Waals surface area contributed by atoms with Gasteiger partial charge in [0.15, 0.2) is 5.78 Å². The number of nitrogen functional groups attached to an aromatic ring is 1. The maximum absolute atomic E-state index is 13.2. The first-order valence-corrected chi connectivity index (χ1v) is 12.0. The van der Waals surface area contributed by atoms with Crippen molar-refractivity contribution in [3.63, 3.8) is 0 Å². The number of ether oxygens (including phenoxy) is 1. The summed E-state index contributed by atoms with van der Waals surface area (Å²) in [5.41, 5.74) is 7.82. The standard InChI is InChI=1S/C27H36N4O4/c1-17-19(12-14-24(28)29-17)11-13-23(32)18(2)30-25(33)22-15-21(20-9-7-6-8-10-20)16-31(22)26(34)35-27(3,4)5/h6-10,12,14,18,21-22H,11,13,15-16H2,1-5H3,(H2,28,29)(H,30,33)/t18-,21-,22+/m0/s1. The number of pyridine rings is 1. The highest BCUT2D eigenvalue weighted by molar-refractivity contribution is 5.92. The van der Waals surface area contributed by atoms with Crippen molar-refractivity contribution in [2.24, 2.45) is 0 Å². The molecule has 1 aromatic carbocycles. The molecule has 2 heterocycles. The minimum Gasteiger partial charge on any atom is -0.444 e. The summed E-state index contributed by atoms with van der Waals surface area (Å²) in [7, 11) is 0. The predicted molar refractivity (Wildman–Crippen MR) is 135 cm³/mol. The highest BCUT2D eigenvalue weighted by Crippen LogP contribution is 2.33. The minimum absolute atomic E-state index is 0.00599. The van der Waals surface area contributed by atoms with E-state index in [-0.39, 0.29) is 24.0 Å². The zero-order valence-corrected chi connectivity index (χ0v) is 21.2. The number of nitrogens with one attached hydrogen (secondary N) is 1. The molecule has 3 atom stereocenters. The molecule has 2 aromatic rings. The first kappa shape index (κ1) is 26.2. The van der Waals surface area contributed by atoms with E-state index in [0.717, 1.165) is 16.8 Å². The summed E-state index contributed by atoms with van der Waals surface area (Å²) in [5.74, 6) is 0.0149. The molecule has 2 amide bonds. The van der Waals surface area contributed by atoms with Crippen molar-refractivity contribution in [1.29, 1.82) is 0 Å². The van der Waals surface area contributed by atoms with Gasteiger partial charge in [-0.1, -0.05) is 36.4 Å². The van der Waals surface area contributed by atoms with E-state index in [1.807, 2.05) is 43.3 Å². The molecule has 0 spiro atoms. The number of carbonyl (C=O) groups excluding carboxylic acids is 3. The molecule has 3 N–H and O–H groups in total. The second-order valence-corrected chi connectivity index (χ2v) is 10.2. The van der Waals surface area contributed by atoms with Crippen LogP contribution in [0.3, 0.4) is 0 Å². The Kier molecular flexibility index (Phi) is 8.14. The molecule has 188 valence electrons. The Hall–Kier alpha value is -3.42. The molecule has 0 bridgehead atoms. The van der Waals surface area contributed by atoms with Crippen LogP contribution in [0.25, 0.3) is 0 Å². The van der Waals surface area contributed by atoms with Crippen molar-refractivity contribution in [2.75, 3.05) is 12.3 Å². The van der Waals surface area contributed by atoms with Crippen LogP contribution in [0.5, 0.6) is 0 Å². The average molecular weight is 481 g/mol. The number of carbonyl (C=O) groups is 3. The van der Waals surface area contributed by atoms with Crippen LogP contribution in [-0.2, 0) is 20.7 Å². The summed E-state index contributed by atoms with van der Waals surface area (Å²) >= 11 is 0. The Bertz CT molecular complexity index is 1060. The van der Waals surface area contributed by atoms with E-state index < -0.39 is 23.8 Å². The zero-order chi connectivity index (χ0) is 25.8. The molecular formula is C27H36N4O4. The smallest absolute Gasteiger partial charge is 0.410 e. The lowest BCUT2D eigenvalue weighted by Gasteiger charge is -2.28. The van der Waals surface area contributed by atoms with E-state index >= 15 is 0 Å². The van der Waals surface area contributed by atoms with Crippen molar-refractivity contribution in [2.45, 2.75) is 77.5 Å². The predicted octanol–water partition coefficient (Wildman–Crippen LogP) is 3.77. The van der Waals surface area contributed by atoms with Gasteiger partial charge in [-0.2, -0.15) is 0 Å². The van der Waals surface area contributed by atoms with Crippen molar-refractivity contribution in [3.8, 4) is 0 Å². The quantitative estimate of drug-likeness (QED) is 0.623. The molecule has 35 heavy (non-hydrogen) atoms. The van der Waals surface area contributed by atoms with Crippen LogP contribution < -0.4 is 11.1 Å². The minimum atomic E-state index is -0.714. The van der Waals surface area contributed by atoms with Crippen LogP contribution >= 0.6 is 0 Å². The van der Waals surface area contributed by atoms with Gasteiger partial charge in [0.1, 0.15) is 17.5 Å². The number of anilines is 1. The third-order valence-electron chi connectivity index (χ3n) is 6.20. The Labute approximate surface area is 207 Å². The second-order valence-electron chi connectivity index (χ2n) is 10.2. The molecule has 0 aliphatic carbocycles. The average Bonchev–Trinajstić information content (AvgIpc) is 3.24. The molecule has 0 radical (unpaired) electrons. The summed E-state index contributed by atoms with van der Waals surface area (Å²) in [6.45, 7) is 9.30. The van der Waals surface area contributed by atoms with Crippen molar-refractivity contribution < 1.29 is 19.1 Å². The second kappa shape index (κ2) is 10.9. The molecule has 1 aliphatic heterocycles. The number of likely N-dealkylation sites (tertiary alicyclic amines) is 1. The molecule has 1 saturated heterocycles. The van der Waals surface area contributed by atoms with E-state index in [4.69, 9.17) is 10.5 Å². The number of benzene rings is 1. The van der Waals surface area contributed by atoms with Crippen LogP contribution in [0.2, 0.25) is 0 Å². The van der Waals surface area contributed by atoms with Gasteiger partial charge in [-0.05, 0) is 64.7 Å². The first-order chi connectivity index (χ1) is 16.4. The highest BCUT2D eigenvalue weighted by atomic mass is 16.6. The lowest BCUT2D eigenvalue weighted by Crippen LogP contribution is -2.50. The number of amides is 2. The van der Waals surface area contributed by atoms with Gasteiger partial charge in [0.2, 0.25) is 5.91 Å². The summed E-state index contributed by atoms with van der Waals surface area (Å²) in [5, 5.41) is 2.83. The maximum Gasteiger partial charge on any atom is 0.410 e. The molecule has 8 nitrogen and oxygen atoms in total. The van der Waals surface area contributed by atoms with Gasteiger partial charge in [0.25, 0.3) is 0 Å². The van der Waals surface area contributed by atoms with E-state index in [1.54, 1.807) is 33.8 Å². The fourth-order valence-corrected chi connectivity index (χ4v) is 4.31. The van der Waals surface area contributed by atoms with Gasteiger partial charge < -0.3 is 15.8 Å². The summed E-state index contributed by atoms with van der Waals surface area (Å²) in [6.07, 6.45) is 0.719. The van der Waals surface area contributed by atoms with Crippen molar-refractivity contribution in [1.82, 2.24) is 15.2 Å². The number of aryl methyl sites for hydroxylation is 2. The number of ketones is 1. The van der Waals surface area contributed by atoms with E-state index in [9.17, 15) is 14.4 Å². The van der Waals surface area contributed by atoms with E-state index in [0.29, 0.717) is 25.2 Å². The van der Waals surface area contributed by atoms with Crippen LogP contribution in [0.1, 0.15) is 63.3 Å². The lowest BCUT2D eigenvalue weighted by molar-refractivity contribution is -0.130. The highest BCUT2D eigenvalue weighted by Gasteiger charge is 2.42. The first-order valence-electron chi connectivity index (χ1n) is 12.0. The molecule has 1 aromatic heterocycles. The summed E-state index contributed by atoms with van der Waals surface area (Å²) in [6, 6.07) is 12.0. The molecule has 3 rings (SSSR count). The van der Waals surface area contributed by atoms with Gasteiger partial charge in [0.05, 0.1) is 6.04 Å². The molecule has 1 fully saturated rings. The number of nitrogens with zero attached hydrogens (tertiary/aromatic N) is 2. The van der Waals surface area contributed by atoms with Gasteiger partial charge in [-0.3, -0.25) is 14.5 Å². The molecular weight excluding hydrogens is 444 g/mol. The third-order valence-corrected chi connectivity index (χ3v) is 6.20. The monoisotopic (exact) mass is 480 g/mol. The van der Waals surface area contributed by atoms with Gasteiger partial charge in [0, 0.05) is 24.6 Å². The van der Waals surface area contributed by atoms with Gasteiger partial charge in [-0.25, -0.2) is 9.78 Å². The van der Waals surface area contributed by atoms with Gasteiger partial charge in [-0.15, -0.1) is 0 Å². The van der Waals surface area contributed by atoms with Crippen LogP contribution in [-0.4, -0.2) is 51.9 Å². The number of rotatable bonds is 7. The zero-order valence-electron chi connectivity index (χ0n) is 21.2. The lowest BCUT2D eigenvalue weighted by atomic mass is 9.96. The Balaban J connectivity index is 1.66. The SMILES string of the molecule is Cc1nc(N)ccc1CCC(=O)[C@H](C)NC(=O)[C@H]1C[C@H](c2ccccc2)CN1C(=O)OC(C)(C)C. The molecule has 1 aliphatic rings.